The lowest BCUT2D eigenvalue weighted by molar-refractivity contribution is 0.0963. The second-order valence-electron chi connectivity index (χ2n) is 4.01. The minimum Gasteiger partial charge on any atom is -0.398 e. The summed E-state index contributed by atoms with van der Waals surface area (Å²) < 4.78 is 0. The van der Waals surface area contributed by atoms with Crippen molar-refractivity contribution < 1.29 is 4.79 Å². The number of benzene rings is 2. The molecule has 2 aromatic carbocycles. The van der Waals surface area contributed by atoms with Gasteiger partial charge in [0.1, 0.15) is 0 Å². The van der Waals surface area contributed by atoms with Crippen molar-refractivity contribution >= 4 is 46.6 Å². The van der Waals surface area contributed by atoms with Crippen LogP contribution in [0.25, 0.3) is 0 Å². The molecule has 0 aliphatic heterocycles. The molecule has 0 saturated heterocycles. The fourth-order valence-electron chi connectivity index (χ4n) is 1.60. The van der Waals surface area contributed by atoms with Crippen LogP contribution in [-0.4, -0.2) is 13.0 Å². The number of carbonyl (C=O) groups is 1. The third-order valence-electron chi connectivity index (χ3n) is 2.61. The molecule has 3 N–H and O–H groups in total. The van der Waals surface area contributed by atoms with Crippen LogP contribution in [0, 0.1) is 0 Å². The summed E-state index contributed by atoms with van der Waals surface area (Å²) in [4.78, 5) is 13.2. The number of hydrogen-bond donors (Lipinski definition) is 2. The van der Waals surface area contributed by atoms with E-state index >= 15 is 0 Å². The molecule has 2 rings (SSSR count). The summed E-state index contributed by atoms with van der Waals surface area (Å²) in [5.74, 6) is -0.172. The van der Waals surface area contributed by atoms with E-state index in [2.05, 4.69) is 5.32 Å². The van der Waals surface area contributed by atoms with Gasteiger partial charge in [0.15, 0.2) is 0 Å². The van der Waals surface area contributed by atoms with Gasteiger partial charge in [-0.25, -0.2) is 0 Å². The Kier molecular flexibility index (Phi) is 4.81. The summed E-state index contributed by atoms with van der Waals surface area (Å²) in [6.45, 7) is 0. The first kappa shape index (κ1) is 15.0. The van der Waals surface area contributed by atoms with E-state index in [4.69, 9.17) is 28.9 Å². The maximum absolute atomic E-state index is 11.5. The molecule has 0 aliphatic rings. The minimum absolute atomic E-state index is 0.172. The molecule has 1 amide bonds. The van der Waals surface area contributed by atoms with Crippen LogP contribution in [0.3, 0.4) is 0 Å². The molecule has 0 unspecified atom stereocenters. The average molecular weight is 327 g/mol. The molecule has 0 heterocycles. The molecule has 104 valence electrons. The van der Waals surface area contributed by atoms with Crippen LogP contribution < -0.4 is 11.1 Å². The predicted molar refractivity (Wildman–Crippen MR) is 84.8 cm³/mol. The minimum atomic E-state index is -0.172. The second kappa shape index (κ2) is 6.39. The van der Waals surface area contributed by atoms with Gasteiger partial charge in [-0.05, 0) is 36.4 Å². The topological polar surface area (TPSA) is 55.1 Å². The van der Waals surface area contributed by atoms with Crippen LogP contribution in [0.2, 0.25) is 10.0 Å². The molecule has 0 aromatic heterocycles. The number of amides is 1. The number of nitrogen functional groups attached to an aromatic ring is 1. The monoisotopic (exact) mass is 326 g/mol. The van der Waals surface area contributed by atoms with Crippen molar-refractivity contribution in [2.75, 3.05) is 12.8 Å². The summed E-state index contributed by atoms with van der Waals surface area (Å²) >= 11 is 13.5. The van der Waals surface area contributed by atoms with Gasteiger partial charge in [0.25, 0.3) is 5.91 Å². The van der Waals surface area contributed by atoms with E-state index in [1.165, 1.54) is 11.8 Å². The predicted octanol–water partition coefficient (Wildman–Crippen LogP) is 4.09. The largest absolute Gasteiger partial charge is 0.398 e. The first-order valence-electron chi connectivity index (χ1n) is 5.76. The normalized spacial score (nSPS) is 10.3. The smallest absolute Gasteiger partial charge is 0.251 e. The van der Waals surface area contributed by atoms with Gasteiger partial charge in [0.2, 0.25) is 0 Å². The summed E-state index contributed by atoms with van der Waals surface area (Å²) in [6, 6.07) is 10.4. The number of hydrogen-bond acceptors (Lipinski definition) is 3. The molecule has 20 heavy (non-hydrogen) atoms. The third-order valence-corrected chi connectivity index (χ3v) is 4.44. The SMILES string of the molecule is CNC(=O)c1ccc(Sc2cc(Cl)ccc2Cl)c(N)c1. The number of nitrogens with two attached hydrogens (primary N) is 1. The Morgan fingerprint density at radius 2 is 1.90 bits per heavy atom. The summed E-state index contributed by atoms with van der Waals surface area (Å²) in [7, 11) is 1.58. The lowest BCUT2D eigenvalue weighted by atomic mass is 10.2. The molecule has 0 atom stereocenters. The van der Waals surface area contributed by atoms with Gasteiger partial charge in [-0.3, -0.25) is 4.79 Å². The lowest BCUT2D eigenvalue weighted by Crippen LogP contribution is -2.17. The molecule has 0 saturated carbocycles. The summed E-state index contributed by atoms with van der Waals surface area (Å²) in [6.07, 6.45) is 0. The Labute approximate surface area is 131 Å². The van der Waals surface area contributed by atoms with E-state index in [1.54, 1.807) is 43.4 Å². The molecule has 0 fully saturated rings. The van der Waals surface area contributed by atoms with Crippen molar-refractivity contribution in [3.63, 3.8) is 0 Å². The first-order valence-corrected chi connectivity index (χ1v) is 7.33. The molecule has 2 aromatic rings. The number of carbonyl (C=O) groups excluding carboxylic acids is 1. The molecule has 3 nitrogen and oxygen atoms in total. The van der Waals surface area contributed by atoms with Crippen LogP contribution in [0.4, 0.5) is 5.69 Å². The highest BCUT2D eigenvalue weighted by molar-refractivity contribution is 7.99. The standard InChI is InChI=1S/C14H12Cl2N2OS/c1-18-14(19)8-2-5-12(11(17)6-8)20-13-7-9(15)3-4-10(13)16/h2-7H,17H2,1H3,(H,18,19). The van der Waals surface area contributed by atoms with Crippen molar-refractivity contribution in [2.45, 2.75) is 9.79 Å². The van der Waals surface area contributed by atoms with Crippen molar-refractivity contribution in [1.29, 1.82) is 0 Å². The fourth-order valence-corrected chi connectivity index (χ4v) is 2.97. The molecule has 0 radical (unpaired) electrons. The summed E-state index contributed by atoms with van der Waals surface area (Å²) in [5.41, 5.74) is 7.01. The van der Waals surface area contributed by atoms with E-state index in [1.807, 2.05) is 0 Å². The number of rotatable bonds is 3. The Hall–Kier alpha value is -1.36. The van der Waals surface area contributed by atoms with E-state index in [0.29, 0.717) is 21.3 Å². The van der Waals surface area contributed by atoms with Gasteiger partial charge in [-0.2, -0.15) is 0 Å². The Morgan fingerprint density at radius 3 is 2.55 bits per heavy atom. The quantitative estimate of drug-likeness (QED) is 0.835. The zero-order valence-electron chi connectivity index (χ0n) is 10.6. The lowest BCUT2D eigenvalue weighted by Gasteiger charge is -2.09. The molecule has 0 spiro atoms. The highest BCUT2D eigenvalue weighted by Crippen LogP contribution is 2.37. The van der Waals surface area contributed by atoms with Crippen molar-refractivity contribution in [1.82, 2.24) is 5.32 Å². The second-order valence-corrected chi connectivity index (χ2v) is 5.94. The highest BCUT2D eigenvalue weighted by atomic mass is 35.5. The average Bonchev–Trinajstić information content (AvgIpc) is 2.44. The van der Waals surface area contributed by atoms with Gasteiger partial charge < -0.3 is 11.1 Å². The highest BCUT2D eigenvalue weighted by Gasteiger charge is 2.09. The van der Waals surface area contributed by atoms with E-state index in [-0.39, 0.29) is 5.91 Å². The maximum Gasteiger partial charge on any atom is 0.251 e. The Bertz CT molecular complexity index is 662. The van der Waals surface area contributed by atoms with Gasteiger partial charge in [-0.1, -0.05) is 35.0 Å². The third kappa shape index (κ3) is 3.39. The van der Waals surface area contributed by atoms with E-state index in [9.17, 15) is 4.79 Å². The van der Waals surface area contributed by atoms with Gasteiger partial charge in [-0.15, -0.1) is 0 Å². The molecule has 0 aliphatic carbocycles. The zero-order valence-corrected chi connectivity index (χ0v) is 12.9. The van der Waals surface area contributed by atoms with Gasteiger partial charge in [0.05, 0.1) is 5.02 Å². The van der Waals surface area contributed by atoms with Crippen LogP contribution in [-0.2, 0) is 0 Å². The van der Waals surface area contributed by atoms with Crippen LogP contribution in [0.1, 0.15) is 10.4 Å². The van der Waals surface area contributed by atoms with Crippen molar-refractivity contribution in [3.8, 4) is 0 Å². The van der Waals surface area contributed by atoms with E-state index in [0.717, 1.165) is 9.79 Å². The van der Waals surface area contributed by atoms with E-state index < -0.39 is 0 Å². The molecular formula is C14H12Cl2N2OS. The van der Waals surface area contributed by atoms with Gasteiger partial charge >= 0.3 is 0 Å². The molecular weight excluding hydrogens is 315 g/mol. The number of anilines is 1. The number of nitrogens with one attached hydrogen (secondary N) is 1. The first-order chi connectivity index (χ1) is 9.51. The maximum atomic E-state index is 11.5. The van der Waals surface area contributed by atoms with Crippen LogP contribution >= 0.6 is 35.0 Å². The van der Waals surface area contributed by atoms with Crippen LogP contribution in [0.15, 0.2) is 46.2 Å². The molecule has 6 heteroatoms. The van der Waals surface area contributed by atoms with Crippen LogP contribution in [0.5, 0.6) is 0 Å². The van der Waals surface area contributed by atoms with Crippen molar-refractivity contribution in [2.24, 2.45) is 0 Å². The van der Waals surface area contributed by atoms with Crippen molar-refractivity contribution in [3.05, 3.63) is 52.0 Å². The Balaban J connectivity index is 2.30. The Morgan fingerprint density at radius 1 is 1.15 bits per heavy atom. The number of halogens is 2. The molecule has 0 bridgehead atoms. The zero-order chi connectivity index (χ0) is 14.7. The fraction of sp³-hybridized carbons (Fsp3) is 0.0714. The summed E-state index contributed by atoms with van der Waals surface area (Å²) in [5, 5.41) is 3.77. The van der Waals surface area contributed by atoms with Gasteiger partial charge in [0, 0.05) is 33.1 Å².